The van der Waals surface area contributed by atoms with E-state index >= 15 is 0 Å². The van der Waals surface area contributed by atoms with Gasteiger partial charge in [0, 0.05) is 6.54 Å². The summed E-state index contributed by atoms with van der Waals surface area (Å²) in [6.07, 6.45) is 2.63. The summed E-state index contributed by atoms with van der Waals surface area (Å²) in [6, 6.07) is 6.67. The summed E-state index contributed by atoms with van der Waals surface area (Å²) in [7, 11) is -3.29. The van der Waals surface area contributed by atoms with Crippen LogP contribution >= 0.6 is 0 Å². The molecule has 0 spiro atoms. The third-order valence-electron chi connectivity index (χ3n) is 3.58. The van der Waals surface area contributed by atoms with Crippen molar-refractivity contribution >= 4 is 20.9 Å². The second kappa shape index (κ2) is 4.68. The first-order valence-corrected chi connectivity index (χ1v) is 8.27. The number of hydrogen-bond acceptors (Lipinski definition) is 4. The van der Waals surface area contributed by atoms with Crippen molar-refractivity contribution < 1.29 is 8.42 Å². The maximum absolute atomic E-state index is 12.0. The van der Waals surface area contributed by atoms with Gasteiger partial charge in [-0.3, -0.25) is 4.79 Å². The molecule has 0 amide bonds. The zero-order valence-corrected chi connectivity index (χ0v) is 11.9. The Hall–Kier alpha value is -1.73. The number of nitrogens with one attached hydrogen (secondary N) is 1. The molecule has 1 aliphatic heterocycles. The molecule has 3 rings (SSSR count). The van der Waals surface area contributed by atoms with Crippen LogP contribution in [-0.2, 0) is 10.0 Å². The van der Waals surface area contributed by atoms with Gasteiger partial charge in [0.25, 0.3) is 5.56 Å². The largest absolute Gasteiger partial charge is 0.309 e. The molecule has 7 heteroatoms. The van der Waals surface area contributed by atoms with E-state index in [9.17, 15) is 13.2 Å². The highest BCUT2D eigenvalue weighted by atomic mass is 32.2. The van der Waals surface area contributed by atoms with E-state index in [2.05, 4.69) is 9.97 Å². The Morgan fingerprint density at radius 1 is 1.35 bits per heavy atom. The number of aromatic amines is 1. The lowest BCUT2D eigenvalue weighted by Gasteiger charge is -2.21. The van der Waals surface area contributed by atoms with Gasteiger partial charge >= 0.3 is 0 Å². The molecule has 1 aliphatic rings. The van der Waals surface area contributed by atoms with E-state index in [1.54, 1.807) is 18.2 Å². The molecular weight excluding hydrogens is 278 g/mol. The number of H-pyrrole nitrogens is 1. The van der Waals surface area contributed by atoms with Crippen LogP contribution < -0.4 is 5.56 Å². The number of sulfonamides is 1. The van der Waals surface area contributed by atoms with Crippen molar-refractivity contribution in [1.82, 2.24) is 14.3 Å². The first kappa shape index (κ1) is 13.3. The quantitative estimate of drug-likeness (QED) is 0.896. The zero-order chi connectivity index (χ0) is 14.3. The van der Waals surface area contributed by atoms with Crippen LogP contribution in [0.3, 0.4) is 0 Å². The van der Waals surface area contributed by atoms with Crippen LogP contribution in [0.4, 0.5) is 0 Å². The fourth-order valence-corrected chi connectivity index (χ4v) is 3.80. The molecule has 1 aromatic carbocycles. The number of hydrogen-bond donors (Lipinski definition) is 1. The molecule has 2 aromatic rings. The minimum atomic E-state index is -3.29. The monoisotopic (exact) mass is 293 g/mol. The lowest BCUT2D eigenvalue weighted by Crippen LogP contribution is -2.31. The first-order valence-electron chi connectivity index (χ1n) is 6.42. The Morgan fingerprint density at radius 3 is 2.85 bits per heavy atom. The highest BCUT2D eigenvalue weighted by Crippen LogP contribution is 2.31. The van der Waals surface area contributed by atoms with Crippen LogP contribution in [0.2, 0.25) is 0 Å². The Kier molecular flexibility index (Phi) is 3.10. The van der Waals surface area contributed by atoms with E-state index in [0.717, 1.165) is 6.42 Å². The van der Waals surface area contributed by atoms with Crippen molar-refractivity contribution in [3.05, 3.63) is 40.4 Å². The molecule has 0 radical (unpaired) electrons. The van der Waals surface area contributed by atoms with Gasteiger partial charge in [-0.1, -0.05) is 12.1 Å². The van der Waals surface area contributed by atoms with Crippen LogP contribution in [0.1, 0.15) is 24.7 Å². The smallest absolute Gasteiger partial charge is 0.258 e. The van der Waals surface area contributed by atoms with Crippen molar-refractivity contribution in [2.24, 2.45) is 0 Å². The van der Waals surface area contributed by atoms with Gasteiger partial charge in [-0.25, -0.2) is 13.4 Å². The number of benzene rings is 1. The molecule has 1 aromatic heterocycles. The van der Waals surface area contributed by atoms with Gasteiger partial charge in [-0.15, -0.1) is 0 Å². The van der Waals surface area contributed by atoms with Gasteiger partial charge in [0.2, 0.25) is 10.0 Å². The summed E-state index contributed by atoms with van der Waals surface area (Å²) < 4.78 is 24.9. The zero-order valence-electron chi connectivity index (χ0n) is 11.0. The van der Waals surface area contributed by atoms with Gasteiger partial charge in [-0.05, 0) is 25.0 Å². The normalized spacial score (nSPS) is 20.6. The molecule has 1 N–H and O–H groups in total. The molecule has 0 bridgehead atoms. The molecule has 0 aliphatic carbocycles. The Labute approximate surface area is 116 Å². The number of fused-ring (bicyclic) bond motifs is 1. The molecule has 20 heavy (non-hydrogen) atoms. The highest BCUT2D eigenvalue weighted by Gasteiger charge is 2.34. The maximum atomic E-state index is 12.0. The standard InChI is InChI=1S/C13H15N3O3S/c1-20(18,19)16-8-4-7-11(16)12-14-10-6-3-2-5-9(10)13(17)15-12/h2-3,5-6,11H,4,7-8H2,1H3,(H,14,15,17). The third-order valence-corrected chi connectivity index (χ3v) is 4.87. The van der Waals surface area contributed by atoms with Crippen molar-refractivity contribution in [2.75, 3.05) is 12.8 Å². The van der Waals surface area contributed by atoms with Gasteiger partial charge in [0.1, 0.15) is 5.82 Å². The van der Waals surface area contributed by atoms with Gasteiger partial charge in [0.05, 0.1) is 23.2 Å². The minimum absolute atomic E-state index is 0.231. The van der Waals surface area contributed by atoms with Gasteiger partial charge < -0.3 is 4.98 Å². The van der Waals surface area contributed by atoms with Crippen LogP contribution in [0.15, 0.2) is 29.1 Å². The van der Waals surface area contributed by atoms with E-state index in [1.165, 1.54) is 10.6 Å². The molecule has 0 saturated carbocycles. The molecule has 1 fully saturated rings. The van der Waals surface area contributed by atoms with Crippen LogP contribution in [0.5, 0.6) is 0 Å². The summed E-state index contributed by atoms with van der Waals surface area (Å²) in [5, 5.41) is 0.514. The fraction of sp³-hybridized carbons (Fsp3) is 0.385. The van der Waals surface area contributed by atoms with E-state index < -0.39 is 10.0 Å². The highest BCUT2D eigenvalue weighted by molar-refractivity contribution is 7.88. The predicted molar refractivity (Wildman–Crippen MR) is 75.9 cm³/mol. The van der Waals surface area contributed by atoms with Crippen molar-refractivity contribution in [1.29, 1.82) is 0 Å². The summed E-state index contributed by atoms with van der Waals surface area (Å²) in [5.74, 6) is 0.427. The molecular formula is C13H15N3O3S. The second-order valence-electron chi connectivity index (χ2n) is 5.00. The van der Waals surface area contributed by atoms with Crippen LogP contribution in [0, 0.1) is 0 Å². The SMILES string of the molecule is CS(=O)(=O)N1CCCC1c1nc2ccccc2c(=O)[nH]1. The van der Waals surface area contributed by atoms with Gasteiger partial charge in [0.15, 0.2) is 0 Å². The number of rotatable bonds is 2. The Morgan fingerprint density at radius 2 is 2.10 bits per heavy atom. The topological polar surface area (TPSA) is 83.1 Å². The van der Waals surface area contributed by atoms with Crippen LogP contribution in [0.25, 0.3) is 10.9 Å². The molecule has 1 saturated heterocycles. The molecule has 1 atom stereocenters. The summed E-state index contributed by atoms with van der Waals surface area (Å²) >= 11 is 0. The number of aromatic nitrogens is 2. The fourth-order valence-electron chi connectivity index (χ4n) is 2.67. The predicted octanol–water partition coefficient (Wildman–Crippen LogP) is 1.02. The van der Waals surface area contributed by atoms with E-state index in [-0.39, 0.29) is 11.6 Å². The van der Waals surface area contributed by atoms with Crippen LogP contribution in [-0.4, -0.2) is 35.5 Å². The average Bonchev–Trinajstić information content (AvgIpc) is 2.88. The Balaban J connectivity index is 2.13. The molecule has 1 unspecified atom stereocenters. The van der Waals surface area contributed by atoms with E-state index in [0.29, 0.717) is 29.7 Å². The van der Waals surface area contributed by atoms with Crippen molar-refractivity contribution in [3.8, 4) is 0 Å². The third kappa shape index (κ3) is 2.23. The van der Waals surface area contributed by atoms with E-state index in [4.69, 9.17) is 0 Å². The lowest BCUT2D eigenvalue weighted by molar-refractivity contribution is 0.387. The second-order valence-corrected chi connectivity index (χ2v) is 6.94. The summed E-state index contributed by atoms with van der Waals surface area (Å²) in [5.41, 5.74) is 0.359. The van der Waals surface area contributed by atoms with E-state index in [1.807, 2.05) is 6.07 Å². The van der Waals surface area contributed by atoms with Crippen molar-refractivity contribution in [2.45, 2.75) is 18.9 Å². The molecule has 106 valence electrons. The molecule has 2 heterocycles. The average molecular weight is 293 g/mol. The maximum Gasteiger partial charge on any atom is 0.258 e. The number of para-hydroxylation sites is 1. The summed E-state index contributed by atoms with van der Waals surface area (Å²) in [6.45, 7) is 0.472. The molecule has 6 nitrogen and oxygen atoms in total. The number of nitrogens with zero attached hydrogens (tertiary/aromatic N) is 2. The lowest BCUT2D eigenvalue weighted by atomic mass is 10.2. The van der Waals surface area contributed by atoms with Gasteiger partial charge in [-0.2, -0.15) is 4.31 Å². The summed E-state index contributed by atoms with van der Waals surface area (Å²) in [4.78, 5) is 19.2. The minimum Gasteiger partial charge on any atom is -0.309 e. The Bertz CT molecular complexity index is 813. The van der Waals surface area contributed by atoms with Crippen molar-refractivity contribution in [3.63, 3.8) is 0 Å². The first-order chi connectivity index (χ1) is 9.47.